The zero-order valence-electron chi connectivity index (χ0n) is 14.8. The lowest BCUT2D eigenvalue weighted by molar-refractivity contribution is -0.145. The van der Waals surface area contributed by atoms with Crippen LogP contribution in [0.25, 0.3) is 0 Å². The molecule has 0 radical (unpaired) electrons. The van der Waals surface area contributed by atoms with E-state index in [1.807, 2.05) is 16.7 Å². The van der Waals surface area contributed by atoms with Crippen molar-refractivity contribution >= 4 is 36.6 Å². The van der Waals surface area contributed by atoms with Gasteiger partial charge in [0, 0.05) is 32.7 Å². The molecule has 25 heavy (non-hydrogen) atoms. The van der Waals surface area contributed by atoms with E-state index >= 15 is 0 Å². The number of nitrogens with zero attached hydrogens (tertiary/aromatic N) is 3. The first-order valence-electron chi connectivity index (χ1n) is 8.79. The Morgan fingerprint density at radius 1 is 1.00 bits per heavy atom. The summed E-state index contributed by atoms with van der Waals surface area (Å²) in [7, 11) is 0. The number of halogens is 2. The van der Waals surface area contributed by atoms with Crippen molar-refractivity contribution in [2.75, 3.05) is 59.0 Å². The Morgan fingerprint density at radius 3 is 2.20 bits per heavy atom. The lowest BCUT2D eigenvalue weighted by Crippen LogP contribution is -2.60. The molecule has 3 saturated heterocycles. The monoisotopic (exact) mass is 396 g/mol. The van der Waals surface area contributed by atoms with Crippen LogP contribution in [0.15, 0.2) is 0 Å². The quantitative estimate of drug-likeness (QED) is 0.725. The van der Waals surface area contributed by atoms with E-state index in [2.05, 4.69) is 10.2 Å². The summed E-state index contributed by atoms with van der Waals surface area (Å²) in [6, 6.07) is -0.254. The molecule has 0 aliphatic carbocycles. The van der Waals surface area contributed by atoms with Gasteiger partial charge in [0.1, 0.15) is 6.04 Å². The first-order chi connectivity index (χ1) is 11.1. The molecule has 9 heteroatoms. The molecule has 0 bridgehead atoms. The zero-order valence-corrected chi connectivity index (χ0v) is 16.4. The van der Waals surface area contributed by atoms with Crippen molar-refractivity contribution in [2.45, 2.75) is 31.9 Å². The molecule has 2 atom stereocenters. The van der Waals surface area contributed by atoms with Gasteiger partial charge in [-0.2, -0.15) is 0 Å². The van der Waals surface area contributed by atoms with Crippen LogP contribution in [0.4, 0.5) is 0 Å². The third kappa shape index (κ3) is 5.69. The molecule has 0 unspecified atom stereocenters. The fourth-order valence-corrected chi connectivity index (χ4v) is 3.61. The molecule has 0 aromatic heterocycles. The van der Waals surface area contributed by atoms with Crippen LogP contribution in [0.5, 0.6) is 0 Å². The summed E-state index contributed by atoms with van der Waals surface area (Å²) in [4.78, 5) is 30.9. The summed E-state index contributed by atoms with van der Waals surface area (Å²) in [6.45, 7) is 8.43. The third-order valence-electron chi connectivity index (χ3n) is 5.08. The van der Waals surface area contributed by atoms with E-state index in [4.69, 9.17) is 4.74 Å². The van der Waals surface area contributed by atoms with Gasteiger partial charge in [-0.25, -0.2) is 0 Å². The van der Waals surface area contributed by atoms with Crippen LogP contribution in [-0.4, -0.2) is 97.6 Å². The molecule has 3 aliphatic rings. The molecule has 0 saturated carbocycles. The van der Waals surface area contributed by atoms with Crippen LogP contribution >= 0.6 is 24.8 Å². The summed E-state index contributed by atoms with van der Waals surface area (Å²) >= 11 is 0. The molecule has 7 nitrogen and oxygen atoms in total. The normalized spacial score (nSPS) is 27.4. The van der Waals surface area contributed by atoms with Gasteiger partial charge in [0.25, 0.3) is 0 Å². The number of hydrogen-bond donors (Lipinski definition) is 1. The number of piperazine rings is 1. The van der Waals surface area contributed by atoms with Gasteiger partial charge in [-0.15, -0.1) is 24.8 Å². The van der Waals surface area contributed by atoms with Gasteiger partial charge in [0.05, 0.1) is 19.3 Å². The highest BCUT2D eigenvalue weighted by Gasteiger charge is 2.34. The maximum Gasteiger partial charge on any atom is 0.242 e. The van der Waals surface area contributed by atoms with E-state index in [1.165, 1.54) is 12.8 Å². The zero-order chi connectivity index (χ0) is 16.2. The minimum Gasteiger partial charge on any atom is -0.375 e. The van der Waals surface area contributed by atoms with Gasteiger partial charge in [-0.1, -0.05) is 0 Å². The summed E-state index contributed by atoms with van der Waals surface area (Å²) < 4.78 is 5.56. The number of nitrogens with one attached hydrogen (secondary N) is 1. The molecule has 2 amide bonds. The highest BCUT2D eigenvalue weighted by atomic mass is 35.5. The summed E-state index contributed by atoms with van der Waals surface area (Å²) in [5.74, 6) is 0.301. The van der Waals surface area contributed by atoms with Crippen LogP contribution in [-0.2, 0) is 14.3 Å². The molecule has 0 aromatic carbocycles. The second kappa shape index (κ2) is 10.5. The van der Waals surface area contributed by atoms with Crippen LogP contribution in [0.2, 0.25) is 0 Å². The Kier molecular flexibility index (Phi) is 9.45. The fourth-order valence-electron chi connectivity index (χ4n) is 3.61. The van der Waals surface area contributed by atoms with Crippen molar-refractivity contribution in [3.8, 4) is 0 Å². The minimum absolute atomic E-state index is 0. The van der Waals surface area contributed by atoms with Gasteiger partial charge in [0.2, 0.25) is 11.8 Å². The van der Waals surface area contributed by atoms with E-state index in [0.717, 1.165) is 19.6 Å². The van der Waals surface area contributed by atoms with Gasteiger partial charge < -0.3 is 19.9 Å². The van der Waals surface area contributed by atoms with Crippen LogP contribution in [0.3, 0.4) is 0 Å². The first-order valence-corrected chi connectivity index (χ1v) is 8.79. The first kappa shape index (κ1) is 22.4. The van der Waals surface area contributed by atoms with Gasteiger partial charge >= 0.3 is 0 Å². The molecular formula is C16H30Cl2N4O3. The van der Waals surface area contributed by atoms with E-state index in [-0.39, 0.29) is 48.8 Å². The lowest BCUT2D eigenvalue weighted by atomic mass is 10.1. The highest BCUT2D eigenvalue weighted by molar-refractivity contribution is 5.85. The Hall–Kier alpha value is -0.600. The van der Waals surface area contributed by atoms with Crippen LogP contribution in [0, 0.1) is 0 Å². The number of hydrogen-bond acceptors (Lipinski definition) is 5. The number of amides is 2. The second-order valence-corrected chi connectivity index (χ2v) is 6.70. The molecule has 0 spiro atoms. The molecule has 0 aromatic rings. The van der Waals surface area contributed by atoms with Crippen molar-refractivity contribution < 1.29 is 14.3 Å². The van der Waals surface area contributed by atoms with Crippen LogP contribution < -0.4 is 5.32 Å². The Labute approximate surface area is 162 Å². The van der Waals surface area contributed by atoms with Crippen molar-refractivity contribution in [1.82, 2.24) is 20.0 Å². The average molecular weight is 397 g/mol. The maximum atomic E-state index is 12.6. The number of likely N-dealkylation sites (tertiary alicyclic amines) is 1. The number of carbonyl (C=O) groups excluding carboxylic acids is 2. The summed E-state index contributed by atoms with van der Waals surface area (Å²) in [6.07, 6.45) is 2.31. The Morgan fingerprint density at radius 2 is 1.60 bits per heavy atom. The molecule has 146 valence electrons. The average Bonchev–Trinajstić information content (AvgIpc) is 3.08. The summed E-state index contributed by atoms with van der Waals surface area (Å²) in [5.41, 5.74) is 0. The molecule has 3 rings (SSSR count). The molecule has 3 fully saturated rings. The van der Waals surface area contributed by atoms with Crippen molar-refractivity contribution in [3.05, 3.63) is 0 Å². The molecule has 3 aliphatic heterocycles. The van der Waals surface area contributed by atoms with Crippen molar-refractivity contribution in [3.63, 3.8) is 0 Å². The molecule has 3 heterocycles. The number of rotatable bonds is 3. The predicted octanol–water partition coefficient (Wildman–Crippen LogP) is -0.0265. The van der Waals surface area contributed by atoms with Gasteiger partial charge in [-0.3, -0.25) is 14.5 Å². The standard InChI is InChI=1S/C16H28N4O3.2ClH/c1-13-15(17-4-11-23-13)16(22)20-9-7-19(8-10-20)14(21)12-18-5-2-3-6-18;;/h13,15,17H,2-12H2,1H3;2*1H/t13-,15+;;/m1../s1. The lowest BCUT2D eigenvalue weighted by Gasteiger charge is -2.39. The largest absolute Gasteiger partial charge is 0.375 e. The Bertz CT molecular complexity index is 441. The fraction of sp³-hybridized carbons (Fsp3) is 0.875. The van der Waals surface area contributed by atoms with E-state index in [9.17, 15) is 9.59 Å². The van der Waals surface area contributed by atoms with E-state index < -0.39 is 0 Å². The second-order valence-electron chi connectivity index (χ2n) is 6.70. The smallest absolute Gasteiger partial charge is 0.242 e. The van der Waals surface area contributed by atoms with Crippen molar-refractivity contribution in [1.29, 1.82) is 0 Å². The summed E-state index contributed by atoms with van der Waals surface area (Å²) in [5, 5.41) is 3.24. The molecular weight excluding hydrogens is 367 g/mol. The topological polar surface area (TPSA) is 65.1 Å². The van der Waals surface area contributed by atoms with Crippen LogP contribution in [0.1, 0.15) is 19.8 Å². The van der Waals surface area contributed by atoms with Crippen molar-refractivity contribution in [2.24, 2.45) is 0 Å². The predicted molar refractivity (Wildman–Crippen MR) is 101 cm³/mol. The third-order valence-corrected chi connectivity index (χ3v) is 5.08. The Balaban J connectivity index is 0.00000156. The highest BCUT2D eigenvalue weighted by Crippen LogP contribution is 2.12. The van der Waals surface area contributed by atoms with Gasteiger partial charge in [0.15, 0.2) is 0 Å². The number of ether oxygens (including phenoxy) is 1. The molecule has 1 N–H and O–H groups in total. The number of morpholine rings is 1. The maximum absolute atomic E-state index is 12.6. The van der Waals surface area contributed by atoms with E-state index in [0.29, 0.717) is 39.3 Å². The minimum atomic E-state index is -0.254. The van der Waals surface area contributed by atoms with Gasteiger partial charge in [-0.05, 0) is 32.9 Å². The SMILES string of the molecule is C[C@H]1OCCN[C@@H]1C(=O)N1CCN(C(=O)CN2CCCC2)CC1.Cl.Cl. The van der Waals surface area contributed by atoms with E-state index in [1.54, 1.807) is 0 Å². The number of carbonyl (C=O) groups is 2.